The van der Waals surface area contributed by atoms with Gasteiger partial charge < -0.3 is 15.8 Å². The van der Waals surface area contributed by atoms with Crippen molar-refractivity contribution in [3.8, 4) is 0 Å². The van der Waals surface area contributed by atoms with Gasteiger partial charge in [-0.15, -0.1) is 0 Å². The van der Waals surface area contributed by atoms with E-state index in [2.05, 4.69) is 10.1 Å². The quantitative estimate of drug-likeness (QED) is 0.504. The molecule has 0 saturated carbocycles. The molecule has 0 aliphatic rings. The summed E-state index contributed by atoms with van der Waals surface area (Å²) in [6, 6.07) is 4.30. The molecule has 0 aromatic heterocycles. The molecule has 0 spiro atoms. The van der Waals surface area contributed by atoms with E-state index in [0.717, 1.165) is 0 Å². The first-order valence-electron chi connectivity index (χ1n) is 5.33. The van der Waals surface area contributed by atoms with Crippen LogP contribution in [-0.4, -0.2) is 34.6 Å². The molecule has 0 fully saturated rings. The van der Waals surface area contributed by atoms with Crippen LogP contribution in [0.4, 0.5) is 20.2 Å². The van der Waals surface area contributed by atoms with Crippen molar-refractivity contribution in [2.75, 3.05) is 30.8 Å². The summed E-state index contributed by atoms with van der Waals surface area (Å²) in [4.78, 5) is -0.189. The smallest absolute Gasteiger partial charge is 0.261 e. The number of rotatable bonds is 7. The average Bonchev–Trinajstić information content (AvgIpc) is 2.28. The Morgan fingerprint density at radius 2 is 2.05 bits per heavy atom. The maximum Gasteiger partial charge on any atom is 0.261 e. The number of nitrogen functional groups attached to an aromatic ring is 1. The Balaban J connectivity index is 2.60. The molecule has 0 amide bonds. The lowest BCUT2D eigenvalue weighted by Gasteiger charge is -2.12. The van der Waals surface area contributed by atoms with E-state index in [4.69, 9.17) is 10.9 Å². The predicted molar refractivity (Wildman–Crippen MR) is 67.5 cm³/mol. The zero-order valence-corrected chi connectivity index (χ0v) is 10.8. The maximum atomic E-state index is 11.8. The van der Waals surface area contributed by atoms with Gasteiger partial charge in [-0.05, 0) is 12.1 Å². The van der Waals surface area contributed by atoms with Gasteiger partial charge in [0.15, 0.2) is 0 Å². The number of anilines is 2. The number of nitrogens with one attached hydrogen (secondary N) is 1. The minimum absolute atomic E-state index is 0.0149. The summed E-state index contributed by atoms with van der Waals surface area (Å²) in [6.07, 6.45) is -2.52. The molecule has 0 aliphatic heterocycles. The molecule has 5 N–H and O–H groups in total. The van der Waals surface area contributed by atoms with Crippen LogP contribution in [0, 0.1) is 0 Å². The van der Waals surface area contributed by atoms with Gasteiger partial charge in [-0.1, -0.05) is 6.07 Å². The van der Waals surface area contributed by atoms with Crippen molar-refractivity contribution in [1.82, 2.24) is 0 Å². The summed E-state index contributed by atoms with van der Waals surface area (Å²) in [5.41, 5.74) is 5.99. The van der Waals surface area contributed by atoms with E-state index in [9.17, 15) is 17.2 Å². The normalized spacial score (nSPS) is 11.8. The highest BCUT2D eigenvalue weighted by molar-refractivity contribution is 7.89. The van der Waals surface area contributed by atoms with Gasteiger partial charge in [-0.25, -0.2) is 22.3 Å². The SMILES string of the molecule is Nc1c(NCCOCC(F)F)cccc1S(N)(=O)=O. The van der Waals surface area contributed by atoms with E-state index < -0.39 is 23.1 Å². The van der Waals surface area contributed by atoms with E-state index in [1.807, 2.05) is 0 Å². The molecule has 108 valence electrons. The molecule has 6 nitrogen and oxygen atoms in total. The van der Waals surface area contributed by atoms with Gasteiger partial charge in [0, 0.05) is 6.54 Å². The lowest BCUT2D eigenvalue weighted by atomic mass is 10.2. The summed E-state index contributed by atoms with van der Waals surface area (Å²) in [7, 11) is -3.90. The number of hydrogen-bond acceptors (Lipinski definition) is 5. The number of primary sulfonamides is 1. The van der Waals surface area contributed by atoms with Gasteiger partial charge in [-0.2, -0.15) is 0 Å². The molecule has 0 heterocycles. The molecule has 0 atom stereocenters. The van der Waals surface area contributed by atoms with Crippen molar-refractivity contribution in [3.05, 3.63) is 18.2 Å². The van der Waals surface area contributed by atoms with E-state index >= 15 is 0 Å². The first-order valence-corrected chi connectivity index (χ1v) is 6.88. The van der Waals surface area contributed by atoms with Crippen molar-refractivity contribution < 1.29 is 21.9 Å². The molecule has 0 radical (unpaired) electrons. The number of ether oxygens (including phenoxy) is 1. The van der Waals surface area contributed by atoms with Gasteiger partial charge in [-0.3, -0.25) is 0 Å². The number of halogens is 2. The van der Waals surface area contributed by atoms with Gasteiger partial charge in [0.05, 0.1) is 18.0 Å². The second kappa shape index (κ2) is 6.64. The van der Waals surface area contributed by atoms with Crippen molar-refractivity contribution in [2.24, 2.45) is 5.14 Å². The molecule has 0 aliphatic carbocycles. The van der Waals surface area contributed by atoms with Crippen molar-refractivity contribution in [3.63, 3.8) is 0 Å². The van der Waals surface area contributed by atoms with Crippen LogP contribution in [0.5, 0.6) is 0 Å². The number of hydrogen-bond donors (Lipinski definition) is 3. The third-order valence-corrected chi connectivity index (χ3v) is 3.15. The van der Waals surface area contributed by atoms with Crippen molar-refractivity contribution >= 4 is 21.4 Å². The van der Waals surface area contributed by atoms with Crippen LogP contribution in [0.1, 0.15) is 0 Å². The summed E-state index contributed by atoms with van der Waals surface area (Å²) >= 11 is 0. The average molecular weight is 295 g/mol. The zero-order valence-electron chi connectivity index (χ0n) is 9.97. The summed E-state index contributed by atoms with van der Waals surface area (Å²) in [5, 5.41) is 7.78. The second-order valence-corrected chi connectivity index (χ2v) is 5.19. The molecule has 19 heavy (non-hydrogen) atoms. The fraction of sp³-hybridized carbons (Fsp3) is 0.400. The molecule has 0 bridgehead atoms. The van der Waals surface area contributed by atoms with Crippen molar-refractivity contribution in [2.45, 2.75) is 11.3 Å². The molecule has 1 aromatic carbocycles. The largest absolute Gasteiger partial charge is 0.396 e. The Bertz CT molecular complexity index is 523. The van der Waals surface area contributed by atoms with Crippen molar-refractivity contribution in [1.29, 1.82) is 0 Å². The number of nitrogens with two attached hydrogens (primary N) is 2. The zero-order chi connectivity index (χ0) is 14.5. The molecule has 0 unspecified atom stereocenters. The lowest BCUT2D eigenvalue weighted by Crippen LogP contribution is -2.17. The third-order valence-electron chi connectivity index (χ3n) is 2.18. The Morgan fingerprint density at radius 1 is 1.37 bits per heavy atom. The fourth-order valence-electron chi connectivity index (χ4n) is 1.38. The van der Waals surface area contributed by atoms with Gasteiger partial charge in [0.1, 0.15) is 11.5 Å². The van der Waals surface area contributed by atoms with Crippen LogP contribution in [0.25, 0.3) is 0 Å². The summed E-state index contributed by atoms with van der Waals surface area (Å²) in [6.45, 7) is -0.386. The summed E-state index contributed by atoms with van der Waals surface area (Å²) < 4.78 is 50.7. The second-order valence-electron chi connectivity index (χ2n) is 3.66. The molecule has 1 rings (SSSR count). The molecule has 0 saturated heterocycles. The van der Waals surface area contributed by atoms with Crippen LogP contribution < -0.4 is 16.2 Å². The number of para-hydroxylation sites is 1. The standard InChI is InChI=1S/C10H15F2N3O3S/c11-9(12)6-18-5-4-15-7-2-1-3-8(10(7)13)19(14,16)17/h1-3,9,15H,4-6,13H2,(H2,14,16,17). The maximum absolute atomic E-state index is 11.8. The lowest BCUT2D eigenvalue weighted by molar-refractivity contribution is 0.0215. The third kappa shape index (κ3) is 4.97. The highest BCUT2D eigenvalue weighted by atomic mass is 32.2. The predicted octanol–water partition coefficient (Wildman–Crippen LogP) is 0.610. The Hall–Kier alpha value is -1.45. The monoisotopic (exact) mass is 295 g/mol. The van der Waals surface area contributed by atoms with Crippen LogP contribution in [0.3, 0.4) is 0 Å². The summed E-state index contributed by atoms with van der Waals surface area (Å²) in [5.74, 6) is 0. The number of sulfonamides is 1. The van der Waals surface area contributed by atoms with E-state index in [0.29, 0.717) is 5.69 Å². The number of alkyl halides is 2. The van der Waals surface area contributed by atoms with E-state index in [-0.39, 0.29) is 23.7 Å². The molecular weight excluding hydrogens is 280 g/mol. The molecular formula is C10H15F2N3O3S. The van der Waals surface area contributed by atoms with Crippen LogP contribution in [0.15, 0.2) is 23.1 Å². The van der Waals surface area contributed by atoms with E-state index in [1.165, 1.54) is 12.1 Å². The number of benzene rings is 1. The van der Waals surface area contributed by atoms with Crippen LogP contribution >= 0.6 is 0 Å². The topological polar surface area (TPSA) is 107 Å². The minimum atomic E-state index is -3.90. The highest BCUT2D eigenvalue weighted by Crippen LogP contribution is 2.25. The highest BCUT2D eigenvalue weighted by Gasteiger charge is 2.14. The first-order chi connectivity index (χ1) is 8.82. The molecule has 9 heteroatoms. The van der Waals surface area contributed by atoms with E-state index in [1.54, 1.807) is 6.07 Å². The Morgan fingerprint density at radius 3 is 2.63 bits per heavy atom. The van der Waals surface area contributed by atoms with Gasteiger partial charge >= 0.3 is 0 Å². The first kappa shape index (κ1) is 15.6. The Labute approximate surface area is 109 Å². The Kier molecular flexibility index (Phi) is 5.45. The molecule has 1 aromatic rings. The van der Waals surface area contributed by atoms with Gasteiger partial charge in [0.25, 0.3) is 6.43 Å². The van der Waals surface area contributed by atoms with Crippen LogP contribution in [-0.2, 0) is 14.8 Å². The van der Waals surface area contributed by atoms with Gasteiger partial charge in [0.2, 0.25) is 10.0 Å². The fourth-order valence-corrected chi connectivity index (χ4v) is 2.06. The van der Waals surface area contributed by atoms with Crippen LogP contribution in [0.2, 0.25) is 0 Å². The minimum Gasteiger partial charge on any atom is -0.396 e.